The van der Waals surface area contributed by atoms with Crippen LogP contribution in [0.15, 0.2) is 0 Å². The van der Waals surface area contributed by atoms with Crippen molar-refractivity contribution in [2.24, 2.45) is 0 Å². The van der Waals surface area contributed by atoms with Crippen molar-refractivity contribution in [2.75, 3.05) is 6.61 Å². The molecule has 0 amide bonds. The summed E-state index contributed by atoms with van der Waals surface area (Å²) in [5.74, 6) is -1.58. The Kier molecular flexibility index (Phi) is 2.60. The molecule has 6 heteroatoms. The minimum atomic E-state index is -0.776. The zero-order valence-electron chi connectivity index (χ0n) is 11.0. The predicted octanol–water partition coefficient (Wildman–Crippen LogP) is 0.583. The summed E-state index contributed by atoms with van der Waals surface area (Å²) in [6.45, 7) is 7.48. The zero-order valence-corrected chi connectivity index (χ0v) is 11.0. The van der Waals surface area contributed by atoms with E-state index < -0.39 is 36.2 Å². The van der Waals surface area contributed by atoms with Gasteiger partial charge in [-0.05, 0) is 27.7 Å². The Balaban J connectivity index is 1.70. The fourth-order valence-corrected chi connectivity index (χ4v) is 2.53. The monoisotopic (exact) mass is 258 g/mol. The molecule has 3 heterocycles. The number of hydrogen-bond acceptors (Lipinski definition) is 6. The van der Waals surface area contributed by atoms with Crippen LogP contribution in [0.4, 0.5) is 0 Å². The van der Waals surface area contributed by atoms with Gasteiger partial charge in [0.2, 0.25) is 0 Å². The molecule has 3 aliphatic heterocycles. The first-order valence-electron chi connectivity index (χ1n) is 6.14. The topological polar surface area (TPSA) is 63.2 Å². The van der Waals surface area contributed by atoms with Gasteiger partial charge in [-0.3, -0.25) is 4.79 Å². The summed E-state index contributed by atoms with van der Waals surface area (Å²) >= 11 is 0. The van der Waals surface area contributed by atoms with E-state index in [4.69, 9.17) is 23.7 Å². The van der Waals surface area contributed by atoms with E-state index in [0.717, 1.165) is 0 Å². The Morgan fingerprint density at radius 1 is 1.00 bits per heavy atom. The van der Waals surface area contributed by atoms with E-state index in [1.165, 1.54) is 0 Å². The minimum Gasteiger partial charge on any atom is -0.348 e. The van der Waals surface area contributed by atoms with Crippen LogP contribution in [-0.4, -0.2) is 48.6 Å². The molecular formula is C12H18O6. The van der Waals surface area contributed by atoms with Crippen molar-refractivity contribution >= 4 is 5.78 Å². The maximum atomic E-state index is 12.2. The molecule has 6 nitrogen and oxygen atoms in total. The molecule has 4 atom stereocenters. The van der Waals surface area contributed by atoms with Gasteiger partial charge in [0.05, 0.1) is 6.61 Å². The fourth-order valence-electron chi connectivity index (χ4n) is 2.53. The van der Waals surface area contributed by atoms with Crippen molar-refractivity contribution in [1.82, 2.24) is 0 Å². The highest BCUT2D eigenvalue weighted by Gasteiger charge is 2.57. The van der Waals surface area contributed by atoms with E-state index in [1.807, 2.05) is 13.8 Å². The van der Waals surface area contributed by atoms with Crippen LogP contribution < -0.4 is 0 Å². The fraction of sp³-hybridized carbons (Fsp3) is 0.917. The van der Waals surface area contributed by atoms with Gasteiger partial charge in [0.15, 0.2) is 35.9 Å². The number of Topliss-reactive ketones (excluding diaryl/α,β-unsaturated/α-hetero) is 1. The second-order valence-electron chi connectivity index (χ2n) is 5.75. The highest BCUT2D eigenvalue weighted by Crippen LogP contribution is 2.38. The average Bonchev–Trinajstić information content (AvgIpc) is 2.81. The van der Waals surface area contributed by atoms with Gasteiger partial charge in [-0.15, -0.1) is 0 Å². The molecule has 0 radical (unpaired) electrons. The highest BCUT2D eigenvalue weighted by atomic mass is 16.8. The lowest BCUT2D eigenvalue weighted by Gasteiger charge is -2.23. The molecule has 102 valence electrons. The summed E-state index contributed by atoms with van der Waals surface area (Å²) in [5.41, 5.74) is 0. The van der Waals surface area contributed by atoms with Gasteiger partial charge in [-0.25, -0.2) is 0 Å². The second kappa shape index (κ2) is 3.74. The molecule has 18 heavy (non-hydrogen) atoms. The summed E-state index contributed by atoms with van der Waals surface area (Å²) in [6, 6.07) is 0. The first kappa shape index (κ1) is 12.5. The summed E-state index contributed by atoms with van der Waals surface area (Å²) in [5, 5.41) is 0. The number of ketones is 1. The minimum absolute atomic E-state index is 0.128. The third kappa shape index (κ3) is 1.98. The van der Waals surface area contributed by atoms with Crippen LogP contribution in [0.1, 0.15) is 27.7 Å². The smallest absolute Gasteiger partial charge is 0.198 e. The molecule has 0 bridgehead atoms. The second-order valence-corrected chi connectivity index (χ2v) is 5.75. The summed E-state index contributed by atoms with van der Waals surface area (Å²) in [7, 11) is 0. The van der Waals surface area contributed by atoms with Gasteiger partial charge in [-0.2, -0.15) is 0 Å². The van der Waals surface area contributed by atoms with Gasteiger partial charge < -0.3 is 23.7 Å². The van der Waals surface area contributed by atoms with E-state index in [1.54, 1.807) is 13.8 Å². The Bertz CT molecular complexity index is 377. The largest absolute Gasteiger partial charge is 0.348 e. The third-order valence-corrected chi connectivity index (χ3v) is 3.27. The van der Waals surface area contributed by atoms with Crippen LogP contribution >= 0.6 is 0 Å². The van der Waals surface area contributed by atoms with Crippen LogP contribution in [0.25, 0.3) is 0 Å². The SMILES string of the molecule is CC1(C)O[C@@H]2O[C@H]([C@H]3COC(C)(C)O3)C(=O)[C@H]2O1. The van der Waals surface area contributed by atoms with Crippen molar-refractivity contribution in [3.8, 4) is 0 Å². The van der Waals surface area contributed by atoms with Crippen LogP contribution in [0.3, 0.4) is 0 Å². The third-order valence-electron chi connectivity index (χ3n) is 3.27. The number of hydrogen-bond donors (Lipinski definition) is 0. The van der Waals surface area contributed by atoms with Crippen molar-refractivity contribution in [3.63, 3.8) is 0 Å². The van der Waals surface area contributed by atoms with Gasteiger partial charge in [0, 0.05) is 0 Å². The molecule has 3 fully saturated rings. The summed E-state index contributed by atoms with van der Waals surface area (Å²) in [6.07, 6.45) is -2.35. The standard InChI is InChI=1S/C12H18O6/c1-11(2)14-5-6(16-11)8-7(13)9-10(15-8)18-12(3,4)17-9/h6,8-10H,5H2,1-4H3/t6-,8-,9-,10+/m1/s1. The molecule has 0 aromatic rings. The van der Waals surface area contributed by atoms with Gasteiger partial charge in [-0.1, -0.05) is 0 Å². The van der Waals surface area contributed by atoms with Gasteiger partial charge in [0.1, 0.15) is 6.10 Å². The molecule has 3 rings (SSSR count). The molecule has 0 unspecified atom stereocenters. The number of ether oxygens (including phenoxy) is 5. The number of fused-ring (bicyclic) bond motifs is 1. The lowest BCUT2D eigenvalue weighted by Crippen LogP contribution is -2.39. The quantitative estimate of drug-likeness (QED) is 0.685. The number of carbonyl (C=O) groups excluding carboxylic acids is 1. The highest BCUT2D eigenvalue weighted by molar-refractivity contribution is 5.90. The van der Waals surface area contributed by atoms with Crippen LogP contribution in [0.2, 0.25) is 0 Å². The molecule has 3 aliphatic rings. The van der Waals surface area contributed by atoms with Crippen molar-refractivity contribution in [1.29, 1.82) is 0 Å². The predicted molar refractivity (Wildman–Crippen MR) is 58.6 cm³/mol. The van der Waals surface area contributed by atoms with E-state index in [-0.39, 0.29) is 5.78 Å². The van der Waals surface area contributed by atoms with E-state index in [0.29, 0.717) is 6.61 Å². The molecule has 3 saturated heterocycles. The van der Waals surface area contributed by atoms with E-state index in [9.17, 15) is 4.79 Å². The van der Waals surface area contributed by atoms with Gasteiger partial charge >= 0.3 is 0 Å². The molecular weight excluding hydrogens is 240 g/mol. The van der Waals surface area contributed by atoms with Crippen LogP contribution in [-0.2, 0) is 28.5 Å². The Hall–Kier alpha value is -0.530. The first-order valence-corrected chi connectivity index (χ1v) is 6.14. The number of rotatable bonds is 1. The van der Waals surface area contributed by atoms with Crippen LogP contribution in [0, 0.1) is 0 Å². The molecule has 0 saturated carbocycles. The lowest BCUT2D eigenvalue weighted by atomic mass is 10.1. The van der Waals surface area contributed by atoms with E-state index >= 15 is 0 Å². The van der Waals surface area contributed by atoms with Crippen LogP contribution in [0.5, 0.6) is 0 Å². The number of carbonyl (C=O) groups is 1. The summed E-state index contributed by atoms with van der Waals surface area (Å²) < 4.78 is 27.7. The maximum Gasteiger partial charge on any atom is 0.198 e. The maximum absolute atomic E-state index is 12.2. The summed E-state index contributed by atoms with van der Waals surface area (Å²) in [4.78, 5) is 12.2. The molecule has 0 aromatic heterocycles. The molecule has 0 aliphatic carbocycles. The van der Waals surface area contributed by atoms with E-state index in [2.05, 4.69) is 0 Å². The van der Waals surface area contributed by atoms with Crippen molar-refractivity contribution in [2.45, 2.75) is 63.9 Å². The Morgan fingerprint density at radius 3 is 2.28 bits per heavy atom. The molecule has 0 aromatic carbocycles. The molecule has 0 spiro atoms. The average molecular weight is 258 g/mol. The van der Waals surface area contributed by atoms with Crippen molar-refractivity contribution < 1.29 is 28.5 Å². The normalized spacial score (nSPS) is 45.4. The Morgan fingerprint density at radius 2 is 1.72 bits per heavy atom. The first-order chi connectivity index (χ1) is 8.27. The molecule has 0 N–H and O–H groups in total. The van der Waals surface area contributed by atoms with Gasteiger partial charge in [0.25, 0.3) is 0 Å². The zero-order chi connectivity index (χ0) is 13.1. The van der Waals surface area contributed by atoms with Crippen molar-refractivity contribution in [3.05, 3.63) is 0 Å². The Labute approximate surface area is 105 Å². The lowest BCUT2D eigenvalue weighted by molar-refractivity contribution is -0.219.